The minimum Gasteiger partial charge on any atom is -0.632 e. The first-order valence-corrected chi connectivity index (χ1v) is 12.7. The quantitative estimate of drug-likeness (QED) is 0.108. The summed E-state index contributed by atoms with van der Waals surface area (Å²) >= 11 is 0. The van der Waals surface area contributed by atoms with Crippen LogP contribution < -0.4 is 16.0 Å². The van der Waals surface area contributed by atoms with E-state index < -0.39 is 15.9 Å². The molecule has 9 nitrogen and oxygen atoms in total. The summed E-state index contributed by atoms with van der Waals surface area (Å²) in [6, 6.07) is 13.6. The van der Waals surface area contributed by atoms with Gasteiger partial charge in [-0.3, -0.25) is 0 Å². The number of fused-ring (bicyclic) bond motifs is 2. The molecule has 0 saturated carbocycles. The van der Waals surface area contributed by atoms with Gasteiger partial charge in [-0.1, -0.05) is 23.8 Å². The van der Waals surface area contributed by atoms with Crippen molar-refractivity contribution in [2.75, 3.05) is 47.1 Å². The molecule has 39 heavy (non-hydrogen) atoms. The first kappa shape index (κ1) is 28.3. The van der Waals surface area contributed by atoms with E-state index in [1.165, 1.54) is 20.3 Å². The standard InChI is InChI=1S/C30H33NO8/c1-20(2)11-14-37-27-10-9-22-23(24-17-21-7-5-6-8-26(21)38-30(24)33)18-28(32)39-29(22)25(27)19-31(34,12-15-35-3)13-16-36-4/h5-11,17-18H,12-16,19H2,1-4H3. The third-order valence-corrected chi connectivity index (χ3v) is 6.49. The van der Waals surface area contributed by atoms with Gasteiger partial charge in [0, 0.05) is 36.6 Å². The van der Waals surface area contributed by atoms with Gasteiger partial charge >= 0.3 is 11.3 Å². The van der Waals surface area contributed by atoms with Crippen molar-refractivity contribution in [1.82, 2.24) is 0 Å². The maximum atomic E-state index is 13.9. The predicted octanol–water partition coefficient (Wildman–Crippen LogP) is 5.02. The van der Waals surface area contributed by atoms with E-state index in [-0.39, 0.29) is 50.6 Å². The molecule has 0 saturated heterocycles. The fraction of sp³-hybridized carbons (Fsp3) is 0.333. The summed E-state index contributed by atoms with van der Waals surface area (Å²) < 4.78 is 27.0. The van der Waals surface area contributed by atoms with Gasteiger partial charge in [-0.2, -0.15) is 0 Å². The maximum Gasteiger partial charge on any atom is 0.344 e. The van der Waals surface area contributed by atoms with Gasteiger partial charge in [-0.05, 0) is 44.2 Å². The van der Waals surface area contributed by atoms with Crippen molar-refractivity contribution in [3.05, 3.63) is 91.8 Å². The first-order chi connectivity index (χ1) is 18.7. The lowest BCUT2D eigenvalue weighted by atomic mass is 9.99. The number of methoxy groups -OCH3 is 2. The normalized spacial score (nSPS) is 11.7. The zero-order chi connectivity index (χ0) is 28.0. The molecule has 4 aromatic rings. The van der Waals surface area contributed by atoms with Crippen LogP contribution in [0.5, 0.6) is 5.75 Å². The van der Waals surface area contributed by atoms with Crippen LogP contribution in [-0.4, -0.2) is 51.8 Å². The molecule has 0 bridgehead atoms. The minimum atomic E-state index is -0.689. The van der Waals surface area contributed by atoms with Crippen molar-refractivity contribution in [2.45, 2.75) is 20.4 Å². The van der Waals surface area contributed by atoms with E-state index in [1.807, 2.05) is 32.1 Å². The van der Waals surface area contributed by atoms with Gasteiger partial charge in [0.1, 0.15) is 37.6 Å². The zero-order valence-corrected chi connectivity index (χ0v) is 22.7. The number of nitrogens with zero attached hydrogens (tertiary/aromatic N) is 1. The van der Waals surface area contributed by atoms with E-state index in [9.17, 15) is 14.8 Å². The first-order valence-electron chi connectivity index (χ1n) is 12.7. The van der Waals surface area contributed by atoms with Gasteiger partial charge in [0.2, 0.25) is 0 Å². The second kappa shape index (κ2) is 12.4. The Hall–Kier alpha value is -3.76. The molecule has 9 heteroatoms. The van der Waals surface area contributed by atoms with Crippen molar-refractivity contribution in [3.63, 3.8) is 0 Å². The number of hydroxylamine groups is 3. The molecule has 206 valence electrons. The number of quaternary nitrogens is 1. The summed E-state index contributed by atoms with van der Waals surface area (Å²) in [7, 11) is 3.07. The van der Waals surface area contributed by atoms with Crippen LogP contribution in [0.15, 0.2) is 78.6 Å². The van der Waals surface area contributed by atoms with Crippen molar-refractivity contribution in [3.8, 4) is 16.9 Å². The average Bonchev–Trinajstić information content (AvgIpc) is 2.91. The molecule has 0 spiro atoms. The number of hydrogen-bond acceptors (Lipinski definition) is 8. The SMILES string of the molecule is COCC[N+]([O-])(CCOC)Cc1c(OCC=C(C)C)ccc2c(-c3cc4ccccc4oc3=O)cc(=O)oc12. The molecule has 2 heterocycles. The van der Waals surface area contributed by atoms with E-state index in [2.05, 4.69) is 0 Å². The van der Waals surface area contributed by atoms with Crippen LogP contribution in [0.3, 0.4) is 0 Å². The van der Waals surface area contributed by atoms with E-state index in [1.54, 1.807) is 30.3 Å². The summed E-state index contributed by atoms with van der Waals surface area (Å²) in [6.45, 7) is 4.91. The van der Waals surface area contributed by atoms with Gasteiger partial charge in [-0.25, -0.2) is 9.59 Å². The van der Waals surface area contributed by atoms with Crippen LogP contribution in [0.2, 0.25) is 0 Å². The fourth-order valence-electron chi connectivity index (χ4n) is 4.39. The molecule has 4 rings (SSSR count). The second-order valence-corrected chi connectivity index (χ2v) is 9.62. The largest absolute Gasteiger partial charge is 0.632 e. The molecule has 2 aromatic heterocycles. The van der Waals surface area contributed by atoms with Gasteiger partial charge in [0.05, 0.1) is 24.3 Å². The van der Waals surface area contributed by atoms with Crippen LogP contribution in [0.25, 0.3) is 33.1 Å². The van der Waals surface area contributed by atoms with Crippen LogP contribution in [-0.2, 0) is 16.0 Å². The number of allylic oxidation sites excluding steroid dienone is 1. The van der Waals surface area contributed by atoms with Crippen LogP contribution >= 0.6 is 0 Å². The smallest absolute Gasteiger partial charge is 0.344 e. The van der Waals surface area contributed by atoms with Crippen LogP contribution in [0.4, 0.5) is 0 Å². The highest BCUT2D eigenvalue weighted by molar-refractivity contribution is 5.97. The van der Waals surface area contributed by atoms with E-state index in [4.69, 9.17) is 23.0 Å². The Labute approximate surface area is 226 Å². The molecular formula is C30H33NO8. The van der Waals surface area contributed by atoms with Gasteiger partial charge in [0.25, 0.3) is 0 Å². The minimum absolute atomic E-state index is 0.0626. The Morgan fingerprint density at radius 2 is 1.67 bits per heavy atom. The Morgan fingerprint density at radius 3 is 2.36 bits per heavy atom. The Bertz CT molecular complexity index is 1590. The predicted molar refractivity (Wildman–Crippen MR) is 150 cm³/mol. The topological polar surface area (TPSA) is 111 Å². The summed E-state index contributed by atoms with van der Waals surface area (Å²) in [5.74, 6) is 0.416. The molecule has 0 aliphatic heterocycles. The molecule has 0 radical (unpaired) electrons. The third-order valence-electron chi connectivity index (χ3n) is 6.49. The number of ether oxygens (including phenoxy) is 3. The van der Waals surface area contributed by atoms with Crippen molar-refractivity contribution >= 4 is 21.9 Å². The molecule has 0 fully saturated rings. The van der Waals surface area contributed by atoms with Gasteiger partial charge in [0.15, 0.2) is 5.58 Å². The zero-order valence-electron chi connectivity index (χ0n) is 22.7. The maximum absolute atomic E-state index is 13.9. The lowest BCUT2D eigenvalue weighted by Crippen LogP contribution is -2.46. The summed E-state index contributed by atoms with van der Waals surface area (Å²) in [5.41, 5.74) is 1.47. The van der Waals surface area contributed by atoms with E-state index >= 15 is 0 Å². The lowest BCUT2D eigenvalue weighted by molar-refractivity contribution is -0.894. The lowest BCUT2D eigenvalue weighted by Gasteiger charge is -2.42. The summed E-state index contributed by atoms with van der Waals surface area (Å²) in [4.78, 5) is 25.9. The van der Waals surface area contributed by atoms with Crippen LogP contribution in [0.1, 0.15) is 19.4 Å². The number of rotatable bonds is 12. The molecule has 2 aromatic carbocycles. The molecule has 0 amide bonds. The number of hydrogen-bond donors (Lipinski definition) is 0. The van der Waals surface area contributed by atoms with E-state index in [0.717, 1.165) is 5.57 Å². The molecule has 0 unspecified atom stereocenters. The van der Waals surface area contributed by atoms with Crippen molar-refractivity contribution in [1.29, 1.82) is 0 Å². The second-order valence-electron chi connectivity index (χ2n) is 9.62. The van der Waals surface area contributed by atoms with Crippen molar-refractivity contribution < 1.29 is 27.7 Å². The number of para-hydroxylation sites is 1. The average molecular weight is 536 g/mol. The molecule has 0 aliphatic rings. The Morgan fingerprint density at radius 1 is 0.949 bits per heavy atom. The molecule has 0 aliphatic carbocycles. The van der Waals surface area contributed by atoms with Gasteiger partial charge < -0.3 is 32.9 Å². The monoisotopic (exact) mass is 535 g/mol. The van der Waals surface area contributed by atoms with Crippen molar-refractivity contribution in [2.24, 2.45) is 0 Å². The van der Waals surface area contributed by atoms with Crippen LogP contribution in [0, 0.1) is 5.21 Å². The molecule has 0 N–H and O–H groups in total. The highest BCUT2D eigenvalue weighted by atomic mass is 16.6. The highest BCUT2D eigenvalue weighted by Gasteiger charge is 2.25. The Kier molecular flexibility index (Phi) is 8.98. The summed E-state index contributed by atoms with van der Waals surface area (Å²) in [5, 5.41) is 15.1. The summed E-state index contributed by atoms with van der Waals surface area (Å²) in [6.07, 6.45) is 1.91. The molecular weight excluding hydrogens is 502 g/mol. The number of benzene rings is 2. The third kappa shape index (κ3) is 6.63. The highest BCUT2D eigenvalue weighted by Crippen LogP contribution is 2.35. The van der Waals surface area contributed by atoms with Gasteiger partial charge in [-0.15, -0.1) is 0 Å². The fourth-order valence-corrected chi connectivity index (χ4v) is 4.39. The van der Waals surface area contributed by atoms with E-state index in [0.29, 0.717) is 33.2 Å². The Balaban J connectivity index is 1.93. The molecule has 0 atom stereocenters.